The molecule has 1 aliphatic carbocycles. The number of halogens is 2. The first kappa shape index (κ1) is 24.2. The van der Waals surface area contributed by atoms with Gasteiger partial charge in [0.25, 0.3) is 0 Å². The maximum Gasteiger partial charge on any atom is 0.327 e. The Morgan fingerprint density at radius 3 is 2.65 bits per heavy atom. The number of carbonyl (C=O) groups is 2. The maximum absolute atomic E-state index is 14.3. The van der Waals surface area contributed by atoms with Gasteiger partial charge in [0.1, 0.15) is 18.1 Å². The van der Waals surface area contributed by atoms with Crippen LogP contribution in [0.3, 0.4) is 0 Å². The van der Waals surface area contributed by atoms with E-state index in [1.807, 2.05) is 6.92 Å². The monoisotopic (exact) mass is 485 g/mol. The van der Waals surface area contributed by atoms with Gasteiger partial charge in [0.2, 0.25) is 5.91 Å². The van der Waals surface area contributed by atoms with Crippen molar-refractivity contribution in [2.24, 2.45) is 5.92 Å². The second kappa shape index (κ2) is 10.6. The lowest BCUT2D eigenvalue weighted by atomic mass is 10.00. The Hall–Kier alpha value is -2.93. The molecule has 0 unspecified atom stereocenters. The molecule has 2 aromatic carbocycles. The van der Waals surface area contributed by atoms with Crippen molar-refractivity contribution in [2.75, 3.05) is 13.2 Å². The molecule has 0 aliphatic heterocycles. The van der Waals surface area contributed by atoms with Crippen LogP contribution in [0.4, 0.5) is 4.39 Å². The van der Waals surface area contributed by atoms with E-state index in [0.29, 0.717) is 28.4 Å². The van der Waals surface area contributed by atoms with Gasteiger partial charge in [-0.15, -0.1) is 0 Å². The number of ether oxygens (including phenoxy) is 1. The summed E-state index contributed by atoms with van der Waals surface area (Å²) in [6, 6.07) is 9.85. The van der Waals surface area contributed by atoms with Crippen LogP contribution in [0.25, 0.3) is 22.2 Å². The van der Waals surface area contributed by atoms with Gasteiger partial charge in [-0.25, -0.2) is 4.39 Å². The van der Waals surface area contributed by atoms with Gasteiger partial charge in [0, 0.05) is 35.0 Å². The summed E-state index contributed by atoms with van der Waals surface area (Å²) in [6.07, 6.45) is 3.97. The maximum atomic E-state index is 14.3. The van der Waals surface area contributed by atoms with Crippen LogP contribution < -0.4 is 0 Å². The van der Waals surface area contributed by atoms with E-state index in [1.54, 1.807) is 40.8 Å². The minimum absolute atomic E-state index is 0.0420. The molecule has 1 aromatic heterocycles. The summed E-state index contributed by atoms with van der Waals surface area (Å²) in [5.41, 5.74) is 2.67. The van der Waals surface area contributed by atoms with E-state index in [4.69, 9.17) is 21.4 Å². The number of hydrogen-bond acceptors (Lipinski definition) is 4. The first-order valence-corrected chi connectivity index (χ1v) is 12.2. The molecule has 1 amide bonds. The fourth-order valence-corrected chi connectivity index (χ4v) is 4.88. The molecule has 1 heterocycles. The first-order valence-electron chi connectivity index (χ1n) is 11.8. The summed E-state index contributed by atoms with van der Waals surface area (Å²) in [6.45, 7) is 4.74. The normalized spacial score (nSPS) is 14.0. The van der Waals surface area contributed by atoms with Crippen LogP contribution in [0.15, 0.2) is 36.4 Å². The largest absolute Gasteiger partial charge is 0.465 e. The second-order valence-electron chi connectivity index (χ2n) is 8.61. The molecule has 1 fully saturated rings. The van der Waals surface area contributed by atoms with Crippen LogP contribution in [0.5, 0.6) is 0 Å². The van der Waals surface area contributed by atoms with Gasteiger partial charge in [0.15, 0.2) is 0 Å². The van der Waals surface area contributed by atoms with E-state index in [0.717, 1.165) is 36.6 Å². The van der Waals surface area contributed by atoms with Gasteiger partial charge in [-0.2, -0.15) is 5.10 Å². The highest BCUT2D eigenvalue weighted by Gasteiger charge is 2.27. The number of fused-ring (bicyclic) bond motifs is 1. The van der Waals surface area contributed by atoms with Crippen LogP contribution in [0, 0.1) is 11.7 Å². The molecule has 8 heteroatoms. The summed E-state index contributed by atoms with van der Waals surface area (Å²) >= 11 is 6.29. The standard InChI is InChI=1S/C26H29ClFN3O3/c1-3-30(26(33)17-7-5-6-8-17)15-18-13-20(28)10-11-21(18)25-22-14-19(27)9-12-23(22)31(29-25)16-24(32)34-4-2/h9-14,17H,3-8,15-16H2,1-2H3. The Balaban J connectivity index is 1.76. The Kier molecular flexibility index (Phi) is 7.51. The average molecular weight is 486 g/mol. The zero-order valence-corrected chi connectivity index (χ0v) is 20.3. The molecule has 1 aliphatic rings. The highest BCUT2D eigenvalue weighted by Crippen LogP contribution is 2.34. The van der Waals surface area contributed by atoms with Crippen LogP contribution >= 0.6 is 11.6 Å². The second-order valence-corrected chi connectivity index (χ2v) is 9.04. The van der Waals surface area contributed by atoms with E-state index in [9.17, 15) is 14.0 Å². The van der Waals surface area contributed by atoms with E-state index in [1.165, 1.54) is 12.1 Å². The minimum atomic E-state index is -0.396. The van der Waals surface area contributed by atoms with Crippen LogP contribution in [-0.4, -0.2) is 39.7 Å². The third-order valence-corrected chi connectivity index (χ3v) is 6.61. The minimum Gasteiger partial charge on any atom is -0.465 e. The molecule has 1 saturated carbocycles. The molecule has 6 nitrogen and oxygen atoms in total. The molecule has 180 valence electrons. The molecule has 0 saturated heterocycles. The number of esters is 1. The molecule has 34 heavy (non-hydrogen) atoms. The molecule has 0 N–H and O–H groups in total. The predicted molar refractivity (Wildman–Crippen MR) is 130 cm³/mol. The molecule has 0 bridgehead atoms. The zero-order valence-electron chi connectivity index (χ0n) is 19.5. The van der Waals surface area contributed by atoms with Crippen molar-refractivity contribution in [3.63, 3.8) is 0 Å². The van der Waals surface area contributed by atoms with Gasteiger partial charge in [-0.1, -0.05) is 24.4 Å². The summed E-state index contributed by atoms with van der Waals surface area (Å²) in [7, 11) is 0. The Bertz CT molecular complexity index is 1200. The molecular formula is C26H29ClFN3O3. The molecule has 0 spiro atoms. The predicted octanol–water partition coefficient (Wildman–Crippen LogP) is 5.60. The van der Waals surface area contributed by atoms with Crippen molar-refractivity contribution < 1.29 is 18.7 Å². The van der Waals surface area contributed by atoms with Gasteiger partial charge in [0.05, 0.1) is 12.1 Å². The lowest BCUT2D eigenvalue weighted by Crippen LogP contribution is -2.34. The molecular weight excluding hydrogens is 457 g/mol. The molecule has 0 radical (unpaired) electrons. The van der Waals surface area contributed by atoms with Crippen LogP contribution in [0.2, 0.25) is 5.02 Å². The molecule has 0 atom stereocenters. The number of aromatic nitrogens is 2. The van der Waals surface area contributed by atoms with E-state index in [-0.39, 0.29) is 37.3 Å². The number of carbonyl (C=O) groups excluding carboxylic acids is 2. The van der Waals surface area contributed by atoms with E-state index in [2.05, 4.69) is 0 Å². The summed E-state index contributed by atoms with van der Waals surface area (Å²) in [4.78, 5) is 27.1. The fourth-order valence-electron chi connectivity index (χ4n) is 4.71. The fraction of sp³-hybridized carbons (Fsp3) is 0.423. The van der Waals surface area contributed by atoms with Gasteiger partial charge < -0.3 is 9.64 Å². The lowest BCUT2D eigenvalue weighted by molar-refractivity contribution is -0.144. The molecule has 3 aromatic rings. The van der Waals surface area contributed by atoms with Crippen molar-refractivity contribution in [2.45, 2.75) is 52.6 Å². The van der Waals surface area contributed by atoms with Crippen LogP contribution in [0.1, 0.15) is 45.1 Å². The molecule has 4 rings (SSSR count). The summed E-state index contributed by atoms with van der Waals surface area (Å²) < 4.78 is 21.0. The van der Waals surface area contributed by atoms with Gasteiger partial charge in [-0.3, -0.25) is 14.3 Å². The SMILES string of the molecule is CCOC(=O)Cn1nc(-c2ccc(F)cc2CN(CC)C(=O)C2CCCC2)c2cc(Cl)ccc21. The summed E-state index contributed by atoms with van der Waals surface area (Å²) in [5.74, 6) is -0.611. The van der Waals surface area contributed by atoms with Gasteiger partial charge >= 0.3 is 5.97 Å². The first-order chi connectivity index (χ1) is 16.4. The smallest absolute Gasteiger partial charge is 0.327 e. The number of rotatable bonds is 8. The highest BCUT2D eigenvalue weighted by atomic mass is 35.5. The summed E-state index contributed by atoms with van der Waals surface area (Å²) in [5, 5.41) is 5.97. The third kappa shape index (κ3) is 5.09. The van der Waals surface area contributed by atoms with Crippen molar-refractivity contribution in [3.05, 3.63) is 52.8 Å². The highest BCUT2D eigenvalue weighted by molar-refractivity contribution is 6.31. The third-order valence-electron chi connectivity index (χ3n) is 6.38. The lowest BCUT2D eigenvalue weighted by Gasteiger charge is -2.25. The van der Waals surface area contributed by atoms with Crippen molar-refractivity contribution in [1.29, 1.82) is 0 Å². The topological polar surface area (TPSA) is 64.4 Å². The van der Waals surface area contributed by atoms with Crippen molar-refractivity contribution in [3.8, 4) is 11.3 Å². The Morgan fingerprint density at radius 2 is 1.94 bits per heavy atom. The van der Waals surface area contributed by atoms with E-state index >= 15 is 0 Å². The van der Waals surface area contributed by atoms with Crippen LogP contribution in [-0.2, 0) is 27.4 Å². The Morgan fingerprint density at radius 1 is 1.18 bits per heavy atom. The van der Waals surface area contributed by atoms with E-state index < -0.39 is 5.97 Å². The van der Waals surface area contributed by atoms with Crippen molar-refractivity contribution in [1.82, 2.24) is 14.7 Å². The quantitative estimate of drug-likeness (QED) is 0.390. The Labute approximate surface area is 203 Å². The zero-order chi connectivity index (χ0) is 24.2. The van der Waals surface area contributed by atoms with Gasteiger partial charge in [-0.05, 0) is 68.7 Å². The average Bonchev–Trinajstić information content (AvgIpc) is 3.46. The number of amides is 1. The van der Waals surface area contributed by atoms with Crippen molar-refractivity contribution >= 4 is 34.4 Å². The number of hydrogen-bond donors (Lipinski definition) is 0. The number of nitrogens with zero attached hydrogens (tertiary/aromatic N) is 3. The number of benzene rings is 2.